The first kappa shape index (κ1) is 55.7. The van der Waals surface area contributed by atoms with Crippen molar-refractivity contribution < 1.29 is 96.5 Å². The maximum atomic E-state index is 9.75. The van der Waals surface area contributed by atoms with Crippen molar-refractivity contribution >= 4 is 70.1 Å². The summed E-state index contributed by atoms with van der Waals surface area (Å²) in [5, 5.41) is 34.0. The summed E-state index contributed by atoms with van der Waals surface area (Å²) >= 11 is 0. The van der Waals surface area contributed by atoms with Gasteiger partial charge in [0, 0.05) is 116 Å². The summed E-state index contributed by atoms with van der Waals surface area (Å²) in [7, 11) is -12.0. The van der Waals surface area contributed by atoms with E-state index in [4.69, 9.17) is 30.3 Å². The molecule has 2 aromatic carbocycles. The molecule has 0 saturated carbocycles. The number of nitrogens with zero attached hydrogens (tertiary/aromatic N) is 6. The number of fused-ring (bicyclic) bond motifs is 6. The van der Waals surface area contributed by atoms with Crippen LogP contribution in [0.5, 0.6) is 0 Å². The van der Waals surface area contributed by atoms with Crippen molar-refractivity contribution in [3.63, 3.8) is 0 Å². The Hall–Kier alpha value is -5.05. The molecule has 0 aliphatic carbocycles. The van der Waals surface area contributed by atoms with E-state index >= 15 is 0 Å². The molecular weight excluding hydrogens is 898 g/mol. The molecule has 0 saturated heterocycles. The fourth-order valence-corrected chi connectivity index (χ4v) is 3.36. The Morgan fingerprint density at radius 2 is 0.630 bits per heavy atom. The van der Waals surface area contributed by atoms with Gasteiger partial charge in [0.1, 0.15) is 0 Å². The van der Waals surface area contributed by atoms with Crippen LogP contribution in [0, 0.1) is 22.7 Å². The molecule has 0 aliphatic heterocycles. The fraction of sp³-hybridized carbons (Fsp3) is 0.125. The maximum Gasteiger partial charge on any atom is 0.673 e. The van der Waals surface area contributed by atoms with E-state index in [-0.39, 0.29) is 42.1 Å². The largest absolute Gasteiger partial charge is 0.673 e. The predicted octanol–water partition coefficient (Wildman–Crippen LogP) is 9.40. The Balaban J connectivity index is -0.000000290. The summed E-state index contributed by atoms with van der Waals surface area (Å²) < 4.78 is 78.0. The minimum absolute atomic E-state index is 0. The standard InChI is InChI=1S/2C12H8N2.2C2H3N.2C2H4O2.2BF4.2Mo/c2*1-3-9-5-6-10-4-2-8-14-12(10)11(9)13-7-1;2*1-2-3;2*1-2(3)4;2*2-1(3,4)5;;/h2*1-8H;2*1H3;2*1H3,(H,3,4);;;;/q;;;;;;2*-1;;. The second-order valence-corrected chi connectivity index (χ2v) is 8.91. The van der Waals surface area contributed by atoms with Gasteiger partial charge in [-0.15, -0.1) is 0 Å². The van der Waals surface area contributed by atoms with E-state index in [0.29, 0.717) is 0 Å². The molecule has 0 amide bonds. The van der Waals surface area contributed by atoms with E-state index in [0.717, 1.165) is 57.5 Å². The van der Waals surface area contributed by atoms with E-state index in [1.165, 1.54) is 13.8 Å². The number of carboxylic acid groups (broad SMARTS) is 2. The summed E-state index contributed by atoms with van der Waals surface area (Å²) in [6.07, 6.45) is 7.21. The number of carboxylic acids is 2. The van der Waals surface area contributed by atoms with Crippen molar-refractivity contribution in [2.45, 2.75) is 27.7 Å². The third-order valence-electron chi connectivity index (χ3n) is 4.69. The second-order valence-electron chi connectivity index (χ2n) is 8.91. The zero-order valence-electron chi connectivity index (χ0n) is 28.6. The van der Waals surface area contributed by atoms with Crippen LogP contribution in [-0.2, 0) is 51.7 Å². The van der Waals surface area contributed by atoms with Gasteiger partial charge in [-0.1, -0.05) is 48.5 Å². The van der Waals surface area contributed by atoms with Crippen molar-refractivity contribution in [2.24, 2.45) is 0 Å². The molecule has 22 heteroatoms. The summed E-state index contributed by atoms with van der Waals surface area (Å²) in [6.45, 7) is 5.03. The number of halogens is 8. The van der Waals surface area contributed by atoms with Gasteiger partial charge in [-0.2, -0.15) is 10.5 Å². The van der Waals surface area contributed by atoms with Crippen LogP contribution in [0.2, 0.25) is 0 Å². The van der Waals surface area contributed by atoms with E-state index < -0.39 is 26.4 Å². The number of hydrogen-bond donors (Lipinski definition) is 2. The molecule has 0 bridgehead atoms. The number of pyridine rings is 4. The summed E-state index contributed by atoms with van der Waals surface area (Å²) in [6, 6.07) is 27.8. The van der Waals surface area contributed by atoms with Crippen LogP contribution in [0.15, 0.2) is 97.6 Å². The van der Waals surface area contributed by atoms with Gasteiger partial charge in [0.25, 0.3) is 11.9 Å². The molecule has 288 valence electrons. The number of rotatable bonds is 0. The van der Waals surface area contributed by atoms with Gasteiger partial charge >= 0.3 is 14.5 Å². The normalized spacial score (nSPS) is 9.07. The third-order valence-corrected chi connectivity index (χ3v) is 4.69. The third kappa shape index (κ3) is 30.6. The summed E-state index contributed by atoms with van der Waals surface area (Å²) in [5.74, 6) is -1.67. The Bertz CT molecular complexity index is 1790. The second kappa shape index (κ2) is 30.4. The van der Waals surface area contributed by atoms with Crippen LogP contribution < -0.4 is 0 Å². The molecule has 0 atom stereocenters. The first-order valence-corrected chi connectivity index (χ1v) is 14.1. The number of hydrogen-bond acceptors (Lipinski definition) is 8. The van der Waals surface area contributed by atoms with Gasteiger partial charge in [0.2, 0.25) is 0 Å². The van der Waals surface area contributed by atoms with E-state index in [2.05, 4.69) is 68.5 Å². The van der Waals surface area contributed by atoms with Crippen LogP contribution in [-0.4, -0.2) is 56.6 Å². The average Bonchev–Trinajstić information content (AvgIpc) is 3.04. The first-order valence-electron chi connectivity index (χ1n) is 14.1. The Morgan fingerprint density at radius 3 is 0.759 bits per heavy atom. The molecule has 0 spiro atoms. The van der Waals surface area contributed by atoms with Gasteiger partial charge in [-0.25, -0.2) is 0 Å². The number of carbonyl (C=O) groups is 2. The van der Waals surface area contributed by atoms with Crippen LogP contribution >= 0.6 is 0 Å². The molecule has 2 N–H and O–H groups in total. The molecule has 0 aliphatic rings. The van der Waals surface area contributed by atoms with Crippen LogP contribution in [0.1, 0.15) is 27.7 Å². The quantitative estimate of drug-likeness (QED) is 0.0849. The van der Waals surface area contributed by atoms with Crippen LogP contribution in [0.25, 0.3) is 43.6 Å². The molecule has 0 fully saturated rings. The summed E-state index contributed by atoms with van der Waals surface area (Å²) in [5.41, 5.74) is 3.91. The van der Waals surface area contributed by atoms with E-state index in [1.54, 1.807) is 36.9 Å². The van der Waals surface area contributed by atoms with Crippen LogP contribution in [0.3, 0.4) is 0 Å². The van der Waals surface area contributed by atoms with Crippen molar-refractivity contribution in [2.75, 3.05) is 0 Å². The molecule has 6 aromatic rings. The number of nitriles is 2. The first-order chi connectivity index (χ1) is 24.2. The minimum atomic E-state index is -6.00. The van der Waals surface area contributed by atoms with Crippen LogP contribution in [0.4, 0.5) is 34.5 Å². The van der Waals surface area contributed by atoms with Gasteiger partial charge < -0.3 is 44.7 Å². The molecule has 0 unspecified atom stereocenters. The predicted molar refractivity (Wildman–Crippen MR) is 184 cm³/mol. The average molecular weight is 928 g/mol. The molecular formula is C32H30B2F8Mo2N6O4-2. The number of benzene rings is 2. The Labute approximate surface area is 333 Å². The Morgan fingerprint density at radius 1 is 0.500 bits per heavy atom. The molecule has 54 heavy (non-hydrogen) atoms. The monoisotopic (exact) mass is 932 g/mol. The van der Waals surface area contributed by atoms with Crippen molar-refractivity contribution in [3.05, 3.63) is 97.6 Å². The molecule has 10 nitrogen and oxygen atoms in total. The van der Waals surface area contributed by atoms with Gasteiger partial charge in [-0.3, -0.25) is 29.5 Å². The van der Waals surface area contributed by atoms with E-state index in [9.17, 15) is 34.5 Å². The van der Waals surface area contributed by atoms with Crippen molar-refractivity contribution in [1.82, 2.24) is 19.9 Å². The SMILES string of the molecule is CC#N.CC#N.CC(=O)O.CC(=O)O.F[B-](F)(F)F.F[B-](F)(F)F.[Mo].[Mo].c1cnc2c(c1)ccc1cccnc12.c1cnc2c(c1)ccc1cccnc12. The summed E-state index contributed by atoms with van der Waals surface area (Å²) in [4.78, 5) is 35.4. The molecule has 6 rings (SSSR count). The molecule has 4 aromatic heterocycles. The van der Waals surface area contributed by atoms with Crippen molar-refractivity contribution in [3.8, 4) is 12.1 Å². The zero-order chi connectivity index (χ0) is 40.3. The van der Waals surface area contributed by atoms with Crippen molar-refractivity contribution in [1.29, 1.82) is 10.5 Å². The Kier molecular flexibility index (Phi) is 31.4. The van der Waals surface area contributed by atoms with Gasteiger partial charge in [-0.05, 0) is 24.3 Å². The van der Waals surface area contributed by atoms with Gasteiger partial charge in [0.05, 0.1) is 34.2 Å². The molecule has 0 radical (unpaired) electrons. The number of aromatic nitrogens is 4. The topological polar surface area (TPSA) is 174 Å². The van der Waals surface area contributed by atoms with E-state index in [1.807, 2.05) is 24.3 Å². The fourth-order valence-electron chi connectivity index (χ4n) is 3.36. The number of aliphatic carboxylic acids is 2. The smallest absolute Gasteiger partial charge is 0.481 e. The van der Waals surface area contributed by atoms with Gasteiger partial charge in [0.15, 0.2) is 0 Å². The minimum Gasteiger partial charge on any atom is -0.481 e. The zero-order valence-corrected chi connectivity index (χ0v) is 32.6. The maximum absolute atomic E-state index is 9.75. The molecule has 4 heterocycles.